The van der Waals surface area contributed by atoms with E-state index in [9.17, 15) is 10.1 Å². The Bertz CT molecular complexity index is 299. The average molecular weight is 199 g/mol. The van der Waals surface area contributed by atoms with E-state index in [1.54, 1.807) is 12.1 Å². The number of nitrogens with zero attached hydrogens (tertiary/aromatic N) is 1. The molecule has 4 nitrogen and oxygen atoms in total. The smallest absolute Gasteiger partial charge is 0.269 e. The summed E-state index contributed by atoms with van der Waals surface area (Å²) in [7, 11) is 0. The largest absolute Gasteiger partial charge is 0.311 e. The van der Waals surface area contributed by atoms with Gasteiger partial charge in [-0.3, -0.25) is 10.1 Å². The second kappa shape index (κ2) is 4.25. The van der Waals surface area contributed by atoms with E-state index in [1.807, 2.05) is 6.92 Å². The molecule has 1 aromatic rings. The summed E-state index contributed by atoms with van der Waals surface area (Å²) in [6.45, 7) is 1.81. The summed E-state index contributed by atoms with van der Waals surface area (Å²) in [5, 5.41) is 10.3. The normalized spacial score (nSPS) is 12.5. The van der Waals surface area contributed by atoms with Crippen molar-refractivity contribution in [3.8, 4) is 0 Å². The Morgan fingerprint density at radius 2 is 2.00 bits per heavy atom. The molecule has 0 bridgehead atoms. The third-order valence-corrected chi connectivity index (χ3v) is 2.05. The highest BCUT2D eigenvalue weighted by atomic mass is 32.1. The van der Waals surface area contributed by atoms with Crippen LogP contribution in [0.1, 0.15) is 18.6 Å². The van der Waals surface area contributed by atoms with Crippen molar-refractivity contribution in [3.05, 3.63) is 39.9 Å². The second-order valence-corrected chi connectivity index (χ2v) is 2.81. The Hall–Kier alpha value is -1.07. The van der Waals surface area contributed by atoms with E-state index < -0.39 is 4.92 Å². The van der Waals surface area contributed by atoms with Gasteiger partial charge in [0.05, 0.1) is 11.0 Å². The molecule has 70 valence electrons. The monoisotopic (exact) mass is 199 g/mol. The van der Waals surface area contributed by atoms with Gasteiger partial charge in [0.2, 0.25) is 0 Å². The van der Waals surface area contributed by atoms with Crippen LogP contribution in [-0.4, -0.2) is 4.92 Å². The highest BCUT2D eigenvalue weighted by Crippen LogP contribution is 2.20. The summed E-state index contributed by atoms with van der Waals surface area (Å²) in [5.41, 5.74) is 0.940. The maximum Gasteiger partial charge on any atom is 0.269 e. The molecule has 1 atom stereocenters. The maximum absolute atomic E-state index is 10.3. The van der Waals surface area contributed by atoms with Crippen molar-refractivity contribution < 1.29 is 9.11 Å². The molecular formula is C8H9NO3S. The molecule has 0 radical (unpaired) electrons. The van der Waals surface area contributed by atoms with Gasteiger partial charge in [-0.25, -0.2) is 0 Å². The lowest BCUT2D eigenvalue weighted by Gasteiger charge is -2.06. The van der Waals surface area contributed by atoms with Gasteiger partial charge in [-0.05, 0) is 37.5 Å². The quantitative estimate of drug-likeness (QED) is 0.352. The summed E-state index contributed by atoms with van der Waals surface area (Å²) in [6, 6.07) is 6.19. The van der Waals surface area contributed by atoms with Crippen molar-refractivity contribution in [1.29, 1.82) is 0 Å². The van der Waals surface area contributed by atoms with Crippen LogP contribution in [0.4, 0.5) is 5.69 Å². The molecule has 5 heteroatoms. The van der Waals surface area contributed by atoms with Crippen molar-refractivity contribution >= 4 is 18.6 Å². The van der Waals surface area contributed by atoms with Crippen molar-refractivity contribution in [2.75, 3.05) is 0 Å². The number of nitro benzene ring substituents is 1. The zero-order valence-corrected chi connectivity index (χ0v) is 7.90. The molecule has 0 spiro atoms. The van der Waals surface area contributed by atoms with E-state index in [-0.39, 0.29) is 11.8 Å². The Kier molecular flexibility index (Phi) is 3.27. The van der Waals surface area contributed by atoms with E-state index in [0.29, 0.717) is 0 Å². The van der Waals surface area contributed by atoms with E-state index in [1.165, 1.54) is 12.1 Å². The number of thiol groups is 1. The van der Waals surface area contributed by atoms with Gasteiger partial charge in [-0.1, -0.05) is 0 Å². The van der Waals surface area contributed by atoms with E-state index >= 15 is 0 Å². The molecule has 0 saturated carbocycles. The van der Waals surface area contributed by atoms with Crippen molar-refractivity contribution in [1.82, 2.24) is 0 Å². The molecule has 1 aromatic carbocycles. The van der Waals surface area contributed by atoms with Crippen LogP contribution in [0.3, 0.4) is 0 Å². The zero-order valence-electron chi connectivity index (χ0n) is 7.01. The highest BCUT2D eigenvalue weighted by Gasteiger charge is 2.07. The van der Waals surface area contributed by atoms with Gasteiger partial charge in [0, 0.05) is 12.1 Å². The van der Waals surface area contributed by atoms with Gasteiger partial charge in [0.25, 0.3) is 5.69 Å². The molecule has 0 N–H and O–H groups in total. The van der Waals surface area contributed by atoms with Crippen LogP contribution in [0.2, 0.25) is 0 Å². The summed E-state index contributed by atoms with van der Waals surface area (Å²) in [4.78, 5) is 9.88. The fourth-order valence-corrected chi connectivity index (χ4v) is 1.05. The molecule has 0 amide bonds. The van der Waals surface area contributed by atoms with Gasteiger partial charge in [-0.2, -0.15) is 0 Å². The zero-order chi connectivity index (χ0) is 9.84. The minimum atomic E-state index is -0.435. The van der Waals surface area contributed by atoms with E-state index in [0.717, 1.165) is 5.56 Å². The second-order valence-electron chi connectivity index (χ2n) is 2.60. The van der Waals surface area contributed by atoms with Gasteiger partial charge >= 0.3 is 0 Å². The Morgan fingerprint density at radius 1 is 1.46 bits per heavy atom. The first-order valence-corrected chi connectivity index (χ1v) is 4.06. The molecule has 0 saturated heterocycles. The van der Waals surface area contributed by atoms with Crippen LogP contribution < -0.4 is 0 Å². The number of hydrogen-bond donors (Lipinski definition) is 1. The number of benzene rings is 1. The third kappa shape index (κ3) is 2.43. The summed E-state index contributed by atoms with van der Waals surface area (Å²) in [5.74, 6) is 0. The van der Waals surface area contributed by atoms with Gasteiger partial charge in [0.15, 0.2) is 0 Å². The molecule has 0 aliphatic carbocycles. The van der Waals surface area contributed by atoms with E-state index in [2.05, 4.69) is 12.9 Å². The minimum absolute atomic E-state index is 0.0788. The lowest BCUT2D eigenvalue weighted by Crippen LogP contribution is -1.93. The molecular weight excluding hydrogens is 190 g/mol. The first-order chi connectivity index (χ1) is 6.15. The number of rotatable bonds is 3. The van der Waals surface area contributed by atoms with Crippen LogP contribution in [0.15, 0.2) is 24.3 Å². The summed E-state index contributed by atoms with van der Waals surface area (Å²) < 4.78 is 4.76. The predicted molar refractivity (Wildman–Crippen MR) is 51.6 cm³/mol. The minimum Gasteiger partial charge on any atom is -0.311 e. The Balaban J connectivity index is 2.87. The van der Waals surface area contributed by atoms with Gasteiger partial charge < -0.3 is 4.18 Å². The number of non-ortho nitro benzene ring substituents is 1. The fourth-order valence-electron chi connectivity index (χ4n) is 0.928. The maximum atomic E-state index is 10.3. The number of hydrogen-bond acceptors (Lipinski definition) is 4. The average Bonchev–Trinajstić information content (AvgIpc) is 2.17. The highest BCUT2D eigenvalue weighted by molar-refractivity contribution is 7.75. The standard InChI is InChI=1S/C8H9NO3S/c1-6(12-13)7-2-4-8(5-3-7)9(10)11/h2-6,13H,1H3. The van der Waals surface area contributed by atoms with Crippen molar-refractivity contribution in [3.63, 3.8) is 0 Å². The van der Waals surface area contributed by atoms with Gasteiger partial charge in [0.1, 0.15) is 0 Å². The lowest BCUT2D eigenvalue weighted by molar-refractivity contribution is -0.384. The van der Waals surface area contributed by atoms with Gasteiger partial charge in [-0.15, -0.1) is 0 Å². The summed E-state index contributed by atoms with van der Waals surface area (Å²) >= 11 is 3.66. The lowest BCUT2D eigenvalue weighted by atomic mass is 10.1. The topological polar surface area (TPSA) is 52.4 Å². The van der Waals surface area contributed by atoms with E-state index in [4.69, 9.17) is 4.18 Å². The summed E-state index contributed by atoms with van der Waals surface area (Å²) in [6.07, 6.45) is -0.163. The molecule has 1 unspecified atom stereocenters. The van der Waals surface area contributed by atoms with Crippen molar-refractivity contribution in [2.24, 2.45) is 0 Å². The predicted octanol–water partition coefficient (Wildman–Crippen LogP) is 2.52. The third-order valence-electron chi connectivity index (χ3n) is 1.73. The molecule has 0 fully saturated rings. The number of nitro groups is 1. The van der Waals surface area contributed by atoms with Crippen molar-refractivity contribution in [2.45, 2.75) is 13.0 Å². The SMILES string of the molecule is CC(OS)c1ccc([N+](=O)[O-])cc1. The van der Waals surface area contributed by atoms with Crippen LogP contribution in [-0.2, 0) is 4.18 Å². The molecule has 0 aromatic heterocycles. The first kappa shape index (κ1) is 10.0. The fraction of sp³-hybridized carbons (Fsp3) is 0.250. The molecule has 0 aliphatic heterocycles. The molecule has 0 aliphatic rings. The molecule has 0 heterocycles. The van der Waals surface area contributed by atoms with Crippen LogP contribution >= 0.6 is 12.9 Å². The van der Waals surface area contributed by atoms with Crippen LogP contribution in [0, 0.1) is 10.1 Å². The Morgan fingerprint density at radius 3 is 2.38 bits per heavy atom. The van der Waals surface area contributed by atoms with Crippen LogP contribution in [0.25, 0.3) is 0 Å². The Labute approximate surface area is 81.3 Å². The molecule has 13 heavy (non-hydrogen) atoms. The molecule has 1 rings (SSSR count). The first-order valence-electron chi connectivity index (χ1n) is 3.69. The van der Waals surface area contributed by atoms with Crippen LogP contribution in [0.5, 0.6) is 0 Å².